The molecule has 0 saturated carbocycles. The van der Waals surface area contributed by atoms with Crippen molar-refractivity contribution >= 4 is 29.9 Å². The van der Waals surface area contributed by atoms with Crippen molar-refractivity contribution in [3.05, 3.63) is 35.4 Å². The molecule has 0 aliphatic carbocycles. The van der Waals surface area contributed by atoms with E-state index in [0.29, 0.717) is 17.9 Å². The van der Waals surface area contributed by atoms with E-state index < -0.39 is 0 Å². The monoisotopic (exact) mass is 403 g/mol. The topological polar surface area (TPSA) is 36.4 Å². The summed E-state index contributed by atoms with van der Waals surface area (Å²) >= 11 is 0. The average molecular weight is 403 g/mol. The number of hydrogen-bond donors (Lipinski definition) is 2. The van der Waals surface area contributed by atoms with Crippen molar-refractivity contribution in [3.63, 3.8) is 0 Å². The van der Waals surface area contributed by atoms with Crippen LogP contribution in [0.4, 0.5) is 0 Å². The fraction of sp³-hybridized carbons (Fsp3) is 0.588. The zero-order valence-electron chi connectivity index (χ0n) is 14.1. The molecule has 0 amide bonds. The summed E-state index contributed by atoms with van der Waals surface area (Å²) in [6.45, 7) is 11.9. The van der Waals surface area contributed by atoms with Crippen LogP contribution < -0.4 is 10.6 Å². The molecule has 0 aliphatic rings. The van der Waals surface area contributed by atoms with Crippen molar-refractivity contribution in [1.29, 1.82) is 0 Å². The van der Waals surface area contributed by atoms with Crippen LogP contribution in [0.25, 0.3) is 0 Å². The normalized spacial score (nSPS) is 14.3. The summed E-state index contributed by atoms with van der Waals surface area (Å²) < 4.78 is 0. The van der Waals surface area contributed by atoms with E-state index in [1.807, 2.05) is 7.05 Å². The Morgan fingerprint density at radius 3 is 2.38 bits per heavy atom. The lowest BCUT2D eigenvalue weighted by atomic mass is 9.99. The summed E-state index contributed by atoms with van der Waals surface area (Å²) in [7, 11) is 1.82. The summed E-state index contributed by atoms with van der Waals surface area (Å²) in [4.78, 5) is 4.29. The number of guanidine groups is 1. The lowest BCUT2D eigenvalue weighted by Gasteiger charge is -2.22. The molecule has 21 heavy (non-hydrogen) atoms. The zero-order valence-corrected chi connectivity index (χ0v) is 16.4. The number of benzene rings is 1. The van der Waals surface area contributed by atoms with E-state index in [4.69, 9.17) is 0 Å². The lowest BCUT2D eigenvalue weighted by Crippen LogP contribution is -2.45. The van der Waals surface area contributed by atoms with E-state index in [1.165, 1.54) is 11.1 Å². The molecule has 0 saturated heterocycles. The van der Waals surface area contributed by atoms with E-state index in [-0.39, 0.29) is 24.0 Å². The molecule has 4 heteroatoms. The van der Waals surface area contributed by atoms with Gasteiger partial charge < -0.3 is 10.6 Å². The predicted molar refractivity (Wildman–Crippen MR) is 104 cm³/mol. The molecule has 0 heterocycles. The van der Waals surface area contributed by atoms with Crippen LogP contribution in [0.3, 0.4) is 0 Å². The number of halogens is 1. The number of aryl methyl sites for hydroxylation is 1. The van der Waals surface area contributed by atoms with Gasteiger partial charge in [0.15, 0.2) is 5.96 Å². The highest BCUT2D eigenvalue weighted by atomic mass is 127. The first-order valence-electron chi connectivity index (χ1n) is 7.47. The van der Waals surface area contributed by atoms with Crippen LogP contribution in [-0.4, -0.2) is 25.6 Å². The molecular formula is C17H30IN3. The molecule has 0 aromatic heterocycles. The van der Waals surface area contributed by atoms with Gasteiger partial charge in [-0.3, -0.25) is 4.99 Å². The molecule has 120 valence electrons. The van der Waals surface area contributed by atoms with Gasteiger partial charge >= 0.3 is 0 Å². The van der Waals surface area contributed by atoms with Crippen molar-refractivity contribution in [2.75, 3.05) is 13.6 Å². The Balaban J connectivity index is 0.00000400. The molecule has 0 radical (unpaired) electrons. The van der Waals surface area contributed by atoms with Crippen LogP contribution in [-0.2, 0) is 0 Å². The van der Waals surface area contributed by atoms with E-state index in [1.54, 1.807) is 0 Å². The summed E-state index contributed by atoms with van der Waals surface area (Å²) in [5.74, 6) is 1.93. The third-order valence-electron chi connectivity index (χ3n) is 3.77. The minimum absolute atomic E-state index is 0. The van der Waals surface area contributed by atoms with Gasteiger partial charge in [0.1, 0.15) is 0 Å². The minimum Gasteiger partial charge on any atom is -0.356 e. The Labute approximate surface area is 147 Å². The highest BCUT2D eigenvalue weighted by Gasteiger charge is 2.10. The molecule has 0 aliphatic heterocycles. The number of aliphatic imine (C=N–C) groups is 1. The van der Waals surface area contributed by atoms with Gasteiger partial charge in [-0.15, -0.1) is 24.0 Å². The van der Waals surface area contributed by atoms with Gasteiger partial charge in [0, 0.05) is 19.6 Å². The summed E-state index contributed by atoms with van der Waals surface area (Å²) in [5.41, 5.74) is 2.68. The molecular weight excluding hydrogens is 373 g/mol. The third-order valence-corrected chi connectivity index (χ3v) is 3.77. The average Bonchev–Trinajstić information content (AvgIpc) is 2.42. The summed E-state index contributed by atoms with van der Waals surface area (Å²) in [5, 5.41) is 6.83. The first kappa shape index (κ1) is 20.2. The fourth-order valence-corrected chi connectivity index (χ4v) is 1.92. The van der Waals surface area contributed by atoms with E-state index >= 15 is 0 Å². The lowest BCUT2D eigenvalue weighted by molar-refractivity contribution is 0.480. The molecule has 2 unspecified atom stereocenters. The van der Waals surface area contributed by atoms with Gasteiger partial charge in [-0.2, -0.15) is 0 Å². The Kier molecular flexibility index (Phi) is 9.66. The van der Waals surface area contributed by atoms with Crippen LogP contribution in [0.5, 0.6) is 0 Å². The SMILES string of the molecule is CN=C(NCC(C)c1cccc(C)c1)NC(C)C(C)C.I. The highest BCUT2D eigenvalue weighted by Crippen LogP contribution is 2.15. The second-order valence-electron chi connectivity index (χ2n) is 5.95. The van der Waals surface area contributed by atoms with Crippen molar-refractivity contribution in [1.82, 2.24) is 10.6 Å². The van der Waals surface area contributed by atoms with Crippen LogP contribution in [0.2, 0.25) is 0 Å². The van der Waals surface area contributed by atoms with Crippen molar-refractivity contribution in [3.8, 4) is 0 Å². The Morgan fingerprint density at radius 2 is 1.86 bits per heavy atom. The predicted octanol–water partition coefficient (Wildman–Crippen LogP) is 3.93. The summed E-state index contributed by atoms with van der Waals surface area (Å²) in [6, 6.07) is 9.10. The number of nitrogens with one attached hydrogen (secondary N) is 2. The van der Waals surface area contributed by atoms with Gasteiger partial charge in [-0.05, 0) is 31.2 Å². The van der Waals surface area contributed by atoms with Gasteiger partial charge in [-0.1, -0.05) is 50.6 Å². The first-order chi connectivity index (χ1) is 9.43. The van der Waals surface area contributed by atoms with Crippen LogP contribution in [0.15, 0.2) is 29.3 Å². The Morgan fingerprint density at radius 1 is 1.19 bits per heavy atom. The second-order valence-corrected chi connectivity index (χ2v) is 5.95. The molecule has 0 fully saturated rings. The van der Waals surface area contributed by atoms with Gasteiger partial charge in [-0.25, -0.2) is 0 Å². The van der Waals surface area contributed by atoms with Gasteiger partial charge in [0.05, 0.1) is 0 Å². The maximum absolute atomic E-state index is 4.29. The minimum atomic E-state index is 0. The largest absolute Gasteiger partial charge is 0.356 e. The first-order valence-corrected chi connectivity index (χ1v) is 7.47. The van der Waals surface area contributed by atoms with Crippen molar-refractivity contribution < 1.29 is 0 Å². The quantitative estimate of drug-likeness (QED) is 0.444. The van der Waals surface area contributed by atoms with Gasteiger partial charge in [0.25, 0.3) is 0 Å². The molecule has 1 rings (SSSR count). The standard InChI is InChI=1S/C17H29N3.HI/c1-12(2)15(5)20-17(18-6)19-11-14(4)16-9-7-8-13(3)10-16;/h7-10,12,14-15H,11H2,1-6H3,(H2,18,19,20);1H. The van der Waals surface area contributed by atoms with E-state index in [2.05, 4.69) is 74.5 Å². The second kappa shape index (κ2) is 10.0. The molecule has 0 bridgehead atoms. The molecule has 2 atom stereocenters. The molecule has 1 aromatic rings. The van der Waals surface area contributed by atoms with Crippen LogP contribution >= 0.6 is 24.0 Å². The van der Waals surface area contributed by atoms with Crippen LogP contribution in [0, 0.1) is 12.8 Å². The number of rotatable bonds is 5. The van der Waals surface area contributed by atoms with Gasteiger partial charge in [0.2, 0.25) is 0 Å². The highest BCUT2D eigenvalue weighted by molar-refractivity contribution is 14.0. The zero-order chi connectivity index (χ0) is 15.1. The van der Waals surface area contributed by atoms with Crippen molar-refractivity contribution in [2.45, 2.75) is 46.6 Å². The third kappa shape index (κ3) is 7.16. The maximum Gasteiger partial charge on any atom is 0.191 e. The van der Waals surface area contributed by atoms with Crippen LogP contribution in [0.1, 0.15) is 44.7 Å². The smallest absolute Gasteiger partial charge is 0.191 e. The Bertz CT molecular complexity index is 443. The number of hydrogen-bond acceptors (Lipinski definition) is 1. The van der Waals surface area contributed by atoms with E-state index in [9.17, 15) is 0 Å². The molecule has 3 nitrogen and oxygen atoms in total. The molecule has 0 spiro atoms. The molecule has 2 N–H and O–H groups in total. The maximum atomic E-state index is 4.29. The Hall–Kier alpha value is -0.780. The summed E-state index contributed by atoms with van der Waals surface area (Å²) in [6.07, 6.45) is 0. The molecule has 1 aromatic carbocycles. The van der Waals surface area contributed by atoms with E-state index in [0.717, 1.165) is 12.5 Å². The number of nitrogens with zero attached hydrogens (tertiary/aromatic N) is 1. The van der Waals surface area contributed by atoms with Crippen molar-refractivity contribution in [2.24, 2.45) is 10.9 Å². The fourth-order valence-electron chi connectivity index (χ4n) is 1.92.